The Bertz CT molecular complexity index is 1170. The SMILES string of the molecule is CC1CC(=O)N(CC(=O)Nc2ccc3c(c2)CC2(C3)NC(=O)NC2=O)c2ccccc2O1.[HH].[HH]. The smallest absolute Gasteiger partial charge is 0.322 e. The van der Waals surface area contributed by atoms with Crippen LogP contribution in [0.25, 0.3) is 0 Å². The molecule has 2 aliphatic heterocycles. The number of anilines is 2. The fourth-order valence-corrected chi connectivity index (χ4v) is 4.58. The maximum atomic E-state index is 12.8. The summed E-state index contributed by atoms with van der Waals surface area (Å²) in [6, 6.07) is 12.1. The third-order valence-corrected chi connectivity index (χ3v) is 6.04. The van der Waals surface area contributed by atoms with Crippen molar-refractivity contribution in [2.45, 2.75) is 37.8 Å². The Labute approximate surface area is 187 Å². The van der Waals surface area contributed by atoms with Gasteiger partial charge in [-0.3, -0.25) is 24.6 Å². The number of para-hydroxylation sites is 2. The van der Waals surface area contributed by atoms with Crippen LogP contribution in [0.15, 0.2) is 42.5 Å². The molecule has 2 atom stereocenters. The Morgan fingerprint density at radius 3 is 2.75 bits per heavy atom. The lowest BCUT2D eigenvalue weighted by Crippen LogP contribution is -2.47. The molecule has 5 rings (SSSR count). The fraction of sp³-hybridized carbons (Fsp3) is 0.304. The minimum absolute atomic E-state index is 0. The van der Waals surface area contributed by atoms with E-state index in [1.807, 2.05) is 25.1 Å². The number of imide groups is 1. The summed E-state index contributed by atoms with van der Waals surface area (Å²) in [6.45, 7) is 1.67. The number of nitrogens with one attached hydrogen (secondary N) is 3. The van der Waals surface area contributed by atoms with Gasteiger partial charge < -0.3 is 15.4 Å². The highest BCUT2D eigenvalue weighted by molar-refractivity contribution is 6.08. The van der Waals surface area contributed by atoms with Crippen LogP contribution in [0.5, 0.6) is 5.75 Å². The van der Waals surface area contributed by atoms with Crippen molar-refractivity contribution in [2.75, 3.05) is 16.8 Å². The highest BCUT2D eigenvalue weighted by Gasteiger charge is 2.50. The number of benzene rings is 2. The molecule has 3 N–H and O–H groups in total. The first kappa shape index (κ1) is 20.0. The highest BCUT2D eigenvalue weighted by atomic mass is 16.5. The Morgan fingerprint density at radius 1 is 1.19 bits per heavy atom. The fourth-order valence-electron chi connectivity index (χ4n) is 4.58. The average Bonchev–Trinajstić information content (AvgIpc) is 3.19. The van der Waals surface area contributed by atoms with Gasteiger partial charge in [-0.1, -0.05) is 18.2 Å². The molecule has 0 aromatic heterocycles. The molecule has 0 bridgehead atoms. The number of hydrogen-bond donors (Lipinski definition) is 3. The van der Waals surface area contributed by atoms with Crippen LogP contribution in [0.3, 0.4) is 0 Å². The van der Waals surface area contributed by atoms with Gasteiger partial charge in [0.15, 0.2) is 0 Å². The number of amides is 5. The van der Waals surface area contributed by atoms with E-state index in [-0.39, 0.29) is 39.6 Å². The summed E-state index contributed by atoms with van der Waals surface area (Å²) in [4.78, 5) is 50.8. The van der Waals surface area contributed by atoms with Gasteiger partial charge in [-0.15, -0.1) is 0 Å². The Kier molecular flexibility index (Phi) is 4.61. The lowest BCUT2D eigenvalue weighted by molar-refractivity contribution is -0.123. The molecule has 5 amide bonds. The predicted octanol–water partition coefficient (Wildman–Crippen LogP) is 2.00. The van der Waals surface area contributed by atoms with E-state index < -0.39 is 11.6 Å². The van der Waals surface area contributed by atoms with E-state index in [0.717, 1.165) is 11.1 Å². The minimum atomic E-state index is -0.957. The van der Waals surface area contributed by atoms with E-state index in [0.29, 0.717) is 30.0 Å². The molecule has 1 saturated heterocycles. The summed E-state index contributed by atoms with van der Waals surface area (Å²) in [5, 5.41) is 7.85. The minimum Gasteiger partial charge on any atom is -0.488 e. The van der Waals surface area contributed by atoms with Gasteiger partial charge in [-0.25, -0.2) is 4.79 Å². The predicted molar refractivity (Wildman–Crippen MR) is 120 cm³/mol. The van der Waals surface area contributed by atoms with Crippen molar-refractivity contribution < 1.29 is 26.8 Å². The largest absolute Gasteiger partial charge is 0.488 e. The molecule has 32 heavy (non-hydrogen) atoms. The van der Waals surface area contributed by atoms with E-state index in [1.165, 1.54) is 4.90 Å². The summed E-state index contributed by atoms with van der Waals surface area (Å²) in [6.07, 6.45) is 0.660. The van der Waals surface area contributed by atoms with Crippen LogP contribution in [0.4, 0.5) is 16.2 Å². The Balaban J connectivity index is 0.00000162. The van der Waals surface area contributed by atoms with Crippen LogP contribution in [-0.2, 0) is 27.2 Å². The number of rotatable bonds is 3. The van der Waals surface area contributed by atoms with Crippen molar-refractivity contribution in [2.24, 2.45) is 0 Å². The maximum Gasteiger partial charge on any atom is 0.322 e. The van der Waals surface area contributed by atoms with E-state index in [2.05, 4.69) is 16.0 Å². The van der Waals surface area contributed by atoms with Crippen molar-refractivity contribution in [1.82, 2.24) is 10.6 Å². The molecular weight excluding hydrogens is 412 g/mol. The Hall–Kier alpha value is -3.88. The van der Waals surface area contributed by atoms with Crippen LogP contribution >= 0.6 is 0 Å². The van der Waals surface area contributed by atoms with Gasteiger partial charge in [0.05, 0.1) is 12.1 Å². The first-order valence-corrected chi connectivity index (χ1v) is 10.4. The van der Waals surface area contributed by atoms with Gasteiger partial charge in [0.2, 0.25) is 11.8 Å². The third kappa shape index (κ3) is 3.45. The van der Waals surface area contributed by atoms with Crippen molar-refractivity contribution in [3.05, 3.63) is 53.6 Å². The zero-order valence-corrected chi connectivity index (χ0v) is 17.4. The van der Waals surface area contributed by atoms with Crippen molar-refractivity contribution in [1.29, 1.82) is 0 Å². The van der Waals surface area contributed by atoms with E-state index >= 15 is 0 Å². The molecule has 9 nitrogen and oxygen atoms in total. The van der Waals surface area contributed by atoms with Crippen LogP contribution in [0, 0.1) is 0 Å². The highest BCUT2D eigenvalue weighted by Crippen LogP contribution is 2.35. The molecule has 1 fully saturated rings. The molecule has 0 saturated carbocycles. The maximum absolute atomic E-state index is 12.8. The normalized spacial score (nSPS) is 23.7. The molecule has 1 aliphatic carbocycles. The summed E-state index contributed by atoms with van der Waals surface area (Å²) < 4.78 is 5.81. The van der Waals surface area contributed by atoms with E-state index in [9.17, 15) is 19.2 Å². The second kappa shape index (κ2) is 7.37. The molecule has 168 valence electrons. The first-order chi connectivity index (χ1) is 15.3. The summed E-state index contributed by atoms with van der Waals surface area (Å²) in [5.41, 5.74) is 2.01. The number of urea groups is 1. The number of ether oxygens (including phenoxy) is 1. The van der Waals surface area contributed by atoms with Crippen LogP contribution in [0.2, 0.25) is 0 Å². The molecule has 9 heteroatoms. The number of fused-ring (bicyclic) bond motifs is 2. The molecular formula is C23H26N4O5. The zero-order valence-electron chi connectivity index (χ0n) is 17.4. The summed E-state index contributed by atoms with van der Waals surface area (Å²) in [5.74, 6) is -0.295. The average molecular weight is 438 g/mol. The van der Waals surface area contributed by atoms with Gasteiger partial charge in [0.1, 0.15) is 23.9 Å². The molecule has 2 unspecified atom stereocenters. The van der Waals surface area contributed by atoms with Crippen LogP contribution in [0.1, 0.15) is 27.3 Å². The number of hydrogen-bond acceptors (Lipinski definition) is 5. The Morgan fingerprint density at radius 2 is 1.97 bits per heavy atom. The van der Waals surface area contributed by atoms with Gasteiger partial charge >= 0.3 is 6.03 Å². The van der Waals surface area contributed by atoms with E-state index in [4.69, 9.17) is 4.74 Å². The number of carbonyl (C=O) groups is 4. The quantitative estimate of drug-likeness (QED) is 0.634. The molecule has 2 aromatic rings. The van der Waals surface area contributed by atoms with Gasteiger partial charge in [-0.05, 0) is 42.3 Å². The van der Waals surface area contributed by atoms with Crippen molar-refractivity contribution >= 4 is 35.1 Å². The van der Waals surface area contributed by atoms with E-state index in [1.54, 1.807) is 24.3 Å². The first-order valence-electron chi connectivity index (χ1n) is 10.4. The molecule has 0 radical (unpaired) electrons. The second-order valence-corrected chi connectivity index (χ2v) is 8.46. The van der Waals surface area contributed by atoms with Crippen molar-refractivity contribution in [3.8, 4) is 5.75 Å². The molecule has 1 spiro atoms. The third-order valence-electron chi connectivity index (χ3n) is 6.04. The monoisotopic (exact) mass is 438 g/mol. The molecule has 3 aliphatic rings. The number of nitrogens with zero attached hydrogens (tertiary/aromatic N) is 1. The van der Waals surface area contributed by atoms with Crippen LogP contribution < -0.4 is 25.6 Å². The standard InChI is InChI=1S/C23H22N4O5.2H2/c1-13-8-20(29)27(17-4-2-3-5-18(17)32-13)12-19(28)24-16-7-6-14-10-23(11-15(14)9-16)21(30)25-22(31)26-23;;/h2-7,9,13H,8,10-12H2,1H3,(H,24,28)(H2,25,26,30,31);2*1H. The second-order valence-electron chi connectivity index (χ2n) is 8.46. The van der Waals surface area contributed by atoms with Crippen LogP contribution in [-0.4, -0.2) is 41.9 Å². The van der Waals surface area contributed by atoms with Crippen molar-refractivity contribution in [3.63, 3.8) is 0 Å². The summed E-state index contributed by atoms with van der Waals surface area (Å²) in [7, 11) is 0. The zero-order chi connectivity index (χ0) is 22.5. The van der Waals surface area contributed by atoms with Gasteiger partial charge in [0, 0.05) is 21.4 Å². The van der Waals surface area contributed by atoms with Gasteiger partial charge in [0.25, 0.3) is 5.91 Å². The molecule has 2 aromatic carbocycles. The lowest BCUT2D eigenvalue weighted by atomic mass is 9.96. The number of carbonyl (C=O) groups excluding carboxylic acids is 4. The topological polar surface area (TPSA) is 117 Å². The lowest BCUT2D eigenvalue weighted by Gasteiger charge is -2.21. The van der Waals surface area contributed by atoms with Gasteiger partial charge in [-0.2, -0.15) is 0 Å². The molecule has 2 heterocycles. The summed E-state index contributed by atoms with van der Waals surface area (Å²) >= 11 is 0.